The molecule has 2 atom stereocenters. The SMILES string of the molecule is CCCCN(C)C(c1ccccc1Br)C(N)CC. The Bertz CT molecular complexity index is 354. The van der Waals surface area contributed by atoms with Crippen LogP contribution in [-0.2, 0) is 0 Å². The molecule has 0 aromatic heterocycles. The quantitative estimate of drug-likeness (QED) is 0.825. The van der Waals surface area contributed by atoms with E-state index in [0.717, 1.165) is 17.4 Å². The molecule has 1 rings (SSSR count). The second kappa shape index (κ2) is 7.93. The molecule has 0 heterocycles. The van der Waals surface area contributed by atoms with Crippen molar-refractivity contribution in [2.75, 3.05) is 13.6 Å². The van der Waals surface area contributed by atoms with Gasteiger partial charge in [0.25, 0.3) is 0 Å². The van der Waals surface area contributed by atoms with Crippen molar-refractivity contribution in [3.63, 3.8) is 0 Å². The Balaban J connectivity index is 2.94. The first kappa shape index (κ1) is 15.7. The zero-order valence-corrected chi connectivity index (χ0v) is 13.3. The van der Waals surface area contributed by atoms with Crippen molar-refractivity contribution >= 4 is 15.9 Å². The normalized spacial score (nSPS) is 14.8. The van der Waals surface area contributed by atoms with Crippen molar-refractivity contribution < 1.29 is 0 Å². The van der Waals surface area contributed by atoms with Gasteiger partial charge in [-0.2, -0.15) is 0 Å². The lowest BCUT2D eigenvalue weighted by Crippen LogP contribution is -2.39. The monoisotopic (exact) mass is 312 g/mol. The van der Waals surface area contributed by atoms with Gasteiger partial charge in [0.1, 0.15) is 0 Å². The van der Waals surface area contributed by atoms with Crippen LogP contribution in [0, 0.1) is 0 Å². The molecule has 0 radical (unpaired) electrons. The maximum absolute atomic E-state index is 6.33. The number of benzene rings is 1. The molecule has 102 valence electrons. The van der Waals surface area contributed by atoms with Crippen LogP contribution in [0.5, 0.6) is 0 Å². The number of halogens is 1. The zero-order valence-electron chi connectivity index (χ0n) is 11.7. The summed E-state index contributed by atoms with van der Waals surface area (Å²) in [5.41, 5.74) is 7.62. The Labute approximate surface area is 120 Å². The fraction of sp³-hybridized carbons (Fsp3) is 0.600. The minimum absolute atomic E-state index is 0.172. The van der Waals surface area contributed by atoms with Gasteiger partial charge in [0, 0.05) is 10.5 Å². The summed E-state index contributed by atoms with van der Waals surface area (Å²) in [4.78, 5) is 2.39. The van der Waals surface area contributed by atoms with Crippen LogP contribution in [-0.4, -0.2) is 24.5 Å². The molecule has 0 amide bonds. The van der Waals surface area contributed by atoms with E-state index in [1.807, 2.05) is 6.07 Å². The average Bonchev–Trinajstić information content (AvgIpc) is 2.38. The minimum atomic E-state index is 0.172. The van der Waals surface area contributed by atoms with E-state index in [2.05, 4.69) is 59.9 Å². The van der Waals surface area contributed by atoms with Crippen LogP contribution in [0.4, 0.5) is 0 Å². The highest BCUT2D eigenvalue weighted by Crippen LogP contribution is 2.30. The van der Waals surface area contributed by atoms with Gasteiger partial charge in [0.2, 0.25) is 0 Å². The van der Waals surface area contributed by atoms with Crippen molar-refractivity contribution in [1.82, 2.24) is 4.90 Å². The molecule has 0 aliphatic heterocycles. The second-order valence-corrected chi connectivity index (χ2v) is 5.73. The van der Waals surface area contributed by atoms with Crippen molar-refractivity contribution in [1.29, 1.82) is 0 Å². The summed E-state index contributed by atoms with van der Waals surface area (Å²) in [6, 6.07) is 8.87. The summed E-state index contributed by atoms with van der Waals surface area (Å²) < 4.78 is 1.15. The Morgan fingerprint density at radius 2 is 1.94 bits per heavy atom. The number of hydrogen-bond acceptors (Lipinski definition) is 2. The highest BCUT2D eigenvalue weighted by atomic mass is 79.9. The largest absolute Gasteiger partial charge is 0.326 e. The number of hydrogen-bond donors (Lipinski definition) is 1. The van der Waals surface area contributed by atoms with Crippen LogP contribution in [0.1, 0.15) is 44.7 Å². The lowest BCUT2D eigenvalue weighted by molar-refractivity contribution is 0.206. The first-order valence-corrected chi connectivity index (χ1v) is 7.61. The van der Waals surface area contributed by atoms with Crippen LogP contribution >= 0.6 is 15.9 Å². The molecular weight excluding hydrogens is 288 g/mol. The van der Waals surface area contributed by atoms with Gasteiger partial charge in [-0.1, -0.05) is 54.4 Å². The van der Waals surface area contributed by atoms with E-state index in [1.54, 1.807) is 0 Å². The molecule has 0 fully saturated rings. The third kappa shape index (κ3) is 4.08. The summed E-state index contributed by atoms with van der Waals surface area (Å²) in [7, 11) is 2.18. The summed E-state index contributed by atoms with van der Waals surface area (Å²) in [6.07, 6.45) is 3.42. The molecular formula is C15H25BrN2. The number of likely N-dealkylation sites (N-methyl/N-ethyl adjacent to an activating group) is 1. The van der Waals surface area contributed by atoms with Crippen LogP contribution < -0.4 is 5.73 Å². The Morgan fingerprint density at radius 3 is 2.50 bits per heavy atom. The van der Waals surface area contributed by atoms with Crippen LogP contribution in [0.3, 0.4) is 0 Å². The molecule has 3 heteroatoms. The van der Waals surface area contributed by atoms with Gasteiger partial charge in [-0.15, -0.1) is 0 Å². The van der Waals surface area contributed by atoms with E-state index < -0.39 is 0 Å². The fourth-order valence-electron chi connectivity index (χ4n) is 2.28. The molecule has 0 aliphatic carbocycles. The maximum atomic E-state index is 6.33. The van der Waals surface area contributed by atoms with Gasteiger partial charge in [-0.3, -0.25) is 4.90 Å². The zero-order chi connectivity index (χ0) is 13.5. The van der Waals surface area contributed by atoms with E-state index in [-0.39, 0.29) is 12.1 Å². The molecule has 0 saturated carbocycles. The predicted octanol–water partition coefficient (Wildman–Crippen LogP) is 3.96. The van der Waals surface area contributed by atoms with Gasteiger partial charge in [0.15, 0.2) is 0 Å². The lowest BCUT2D eigenvalue weighted by atomic mass is 9.96. The molecule has 2 nitrogen and oxygen atoms in total. The lowest BCUT2D eigenvalue weighted by Gasteiger charge is -2.33. The highest BCUT2D eigenvalue weighted by Gasteiger charge is 2.24. The third-order valence-corrected chi connectivity index (χ3v) is 4.16. The Kier molecular flexibility index (Phi) is 6.90. The number of nitrogens with zero attached hydrogens (tertiary/aromatic N) is 1. The number of rotatable bonds is 7. The van der Waals surface area contributed by atoms with Crippen LogP contribution in [0.2, 0.25) is 0 Å². The second-order valence-electron chi connectivity index (χ2n) is 4.87. The minimum Gasteiger partial charge on any atom is -0.326 e. The van der Waals surface area contributed by atoms with Crippen molar-refractivity contribution in [3.05, 3.63) is 34.3 Å². The topological polar surface area (TPSA) is 29.3 Å². The third-order valence-electron chi connectivity index (χ3n) is 3.44. The van der Waals surface area contributed by atoms with Gasteiger partial charge in [-0.05, 0) is 38.1 Å². The Morgan fingerprint density at radius 1 is 1.28 bits per heavy atom. The van der Waals surface area contributed by atoms with Crippen molar-refractivity contribution in [3.8, 4) is 0 Å². The first-order valence-electron chi connectivity index (χ1n) is 6.82. The molecule has 18 heavy (non-hydrogen) atoms. The molecule has 0 saturated heterocycles. The van der Waals surface area contributed by atoms with Gasteiger partial charge >= 0.3 is 0 Å². The van der Waals surface area contributed by atoms with Crippen molar-refractivity contribution in [2.45, 2.75) is 45.2 Å². The van der Waals surface area contributed by atoms with E-state index in [4.69, 9.17) is 5.73 Å². The van der Waals surface area contributed by atoms with Gasteiger partial charge in [-0.25, -0.2) is 0 Å². The average molecular weight is 313 g/mol. The highest BCUT2D eigenvalue weighted by molar-refractivity contribution is 9.10. The molecule has 0 aliphatic rings. The first-order chi connectivity index (χ1) is 8.61. The van der Waals surface area contributed by atoms with Crippen LogP contribution in [0.15, 0.2) is 28.7 Å². The smallest absolute Gasteiger partial charge is 0.0507 e. The Hall–Kier alpha value is -0.380. The van der Waals surface area contributed by atoms with E-state index in [0.29, 0.717) is 0 Å². The number of unbranched alkanes of at least 4 members (excludes halogenated alkanes) is 1. The van der Waals surface area contributed by atoms with Crippen LogP contribution in [0.25, 0.3) is 0 Å². The molecule has 1 aromatic rings. The molecule has 2 unspecified atom stereocenters. The molecule has 2 N–H and O–H groups in total. The number of nitrogens with two attached hydrogens (primary N) is 1. The molecule has 0 bridgehead atoms. The molecule has 1 aromatic carbocycles. The maximum Gasteiger partial charge on any atom is 0.0507 e. The summed E-state index contributed by atoms with van der Waals surface area (Å²) in [5, 5.41) is 0. The molecule has 0 spiro atoms. The summed E-state index contributed by atoms with van der Waals surface area (Å²) in [6.45, 7) is 5.47. The predicted molar refractivity (Wildman–Crippen MR) is 82.7 cm³/mol. The van der Waals surface area contributed by atoms with Gasteiger partial charge in [0.05, 0.1) is 6.04 Å². The van der Waals surface area contributed by atoms with Crippen molar-refractivity contribution in [2.24, 2.45) is 5.73 Å². The van der Waals surface area contributed by atoms with E-state index >= 15 is 0 Å². The standard InChI is InChI=1S/C15H25BrN2/c1-4-6-11-18(3)15(14(17)5-2)12-9-7-8-10-13(12)16/h7-10,14-15H,4-6,11,17H2,1-3H3. The van der Waals surface area contributed by atoms with E-state index in [1.165, 1.54) is 18.4 Å². The summed E-state index contributed by atoms with van der Waals surface area (Å²) >= 11 is 3.65. The van der Waals surface area contributed by atoms with E-state index in [9.17, 15) is 0 Å². The fourth-order valence-corrected chi connectivity index (χ4v) is 2.80. The summed E-state index contributed by atoms with van der Waals surface area (Å²) in [5.74, 6) is 0. The van der Waals surface area contributed by atoms with Gasteiger partial charge < -0.3 is 5.73 Å².